The van der Waals surface area contributed by atoms with E-state index in [-0.39, 0.29) is 11.4 Å². The predicted molar refractivity (Wildman–Crippen MR) is 89.8 cm³/mol. The fourth-order valence-corrected chi connectivity index (χ4v) is 2.93. The third-order valence-corrected chi connectivity index (χ3v) is 4.45. The van der Waals surface area contributed by atoms with Gasteiger partial charge >= 0.3 is 0 Å². The van der Waals surface area contributed by atoms with Crippen molar-refractivity contribution in [3.05, 3.63) is 56.6 Å². The molecular formula is C14H12N2O5S2. The molecule has 0 radical (unpaired) electrons. The summed E-state index contributed by atoms with van der Waals surface area (Å²) in [6.45, 7) is 0. The van der Waals surface area contributed by atoms with Crippen molar-refractivity contribution in [3.63, 3.8) is 0 Å². The lowest BCUT2D eigenvalue weighted by Crippen LogP contribution is -1.93. The second-order valence-corrected chi connectivity index (χ2v) is 5.98. The first-order valence-corrected chi connectivity index (χ1v) is 8.74. The Balaban J connectivity index is 2.39. The zero-order valence-electron chi connectivity index (χ0n) is 12.2. The van der Waals surface area contributed by atoms with Crippen LogP contribution >= 0.6 is 23.5 Å². The van der Waals surface area contributed by atoms with Crippen molar-refractivity contribution >= 4 is 34.9 Å². The summed E-state index contributed by atoms with van der Waals surface area (Å²) in [5.41, 5.74) is -0.0361. The Hall–Kier alpha value is -2.26. The van der Waals surface area contributed by atoms with Gasteiger partial charge in [-0.25, -0.2) is 0 Å². The fraction of sp³-hybridized carbons (Fsp3) is 0.143. The van der Waals surface area contributed by atoms with Crippen LogP contribution < -0.4 is 4.74 Å². The summed E-state index contributed by atoms with van der Waals surface area (Å²) in [7, 11) is 0. The highest BCUT2D eigenvalue weighted by atomic mass is 32.2. The van der Waals surface area contributed by atoms with Crippen LogP contribution in [0.25, 0.3) is 0 Å². The average molecular weight is 352 g/mol. The molecule has 0 aromatic heterocycles. The zero-order valence-corrected chi connectivity index (χ0v) is 13.8. The van der Waals surface area contributed by atoms with Crippen LogP contribution in [0.5, 0.6) is 11.5 Å². The van der Waals surface area contributed by atoms with E-state index in [2.05, 4.69) is 0 Å². The van der Waals surface area contributed by atoms with Crippen molar-refractivity contribution in [2.75, 3.05) is 12.5 Å². The van der Waals surface area contributed by atoms with Gasteiger partial charge in [-0.15, -0.1) is 23.5 Å². The van der Waals surface area contributed by atoms with E-state index < -0.39 is 9.85 Å². The van der Waals surface area contributed by atoms with Crippen LogP contribution in [0.3, 0.4) is 0 Å². The SMILES string of the molecule is CSc1cc([N+](=O)[O-])ccc1Oc1ccc([N+](=O)[O-])cc1SC. The van der Waals surface area contributed by atoms with Gasteiger partial charge in [-0.2, -0.15) is 0 Å². The summed E-state index contributed by atoms with van der Waals surface area (Å²) in [4.78, 5) is 21.9. The van der Waals surface area contributed by atoms with Crippen LogP contribution in [0.4, 0.5) is 11.4 Å². The number of non-ortho nitro benzene ring substituents is 2. The highest BCUT2D eigenvalue weighted by molar-refractivity contribution is 7.99. The summed E-state index contributed by atoms with van der Waals surface area (Å²) in [5.74, 6) is 0.930. The Kier molecular flexibility index (Phi) is 5.45. The standard InChI is InChI=1S/C14H12N2O5S2/c1-22-13-7-9(15(17)18)3-5-11(13)21-12-6-4-10(16(19)20)8-14(12)23-2/h3-8H,1-2H3. The lowest BCUT2D eigenvalue weighted by atomic mass is 10.3. The first kappa shape index (κ1) is 17.1. The third-order valence-electron chi connectivity index (χ3n) is 2.94. The number of hydrogen-bond donors (Lipinski definition) is 0. The Morgan fingerprint density at radius 2 is 1.22 bits per heavy atom. The lowest BCUT2D eigenvalue weighted by molar-refractivity contribution is -0.385. The van der Waals surface area contributed by atoms with Gasteiger partial charge in [0, 0.05) is 24.3 Å². The highest BCUT2D eigenvalue weighted by Gasteiger charge is 2.15. The molecule has 0 saturated carbocycles. The number of hydrogen-bond acceptors (Lipinski definition) is 7. The molecule has 2 rings (SSSR count). The quantitative estimate of drug-likeness (QED) is 0.421. The Morgan fingerprint density at radius 1 is 0.826 bits per heavy atom. The minimum atomic E-state index is -0.470. The minimum Gasteiger partial charge on any atom is -0.455 e. The van der Waals surface area contributed by atoms with E-state index in [4.69, 9.17) is 4.74 Å². The fourth-order valence-electron chi connectivity index (χ4n) is 1.83. The number of nitro benzene ring substituents is 2. The summed E-state index contributed by atoms with van der Waals surface area (Å²) < 4.78 is 5.81. The number of benzene rings is 2. The van der Waals surface area contributed by atoms with Crippen molar-refractivity contribution in [1.82, 2.24) is 0 Å². The van der Waals surface area contributed by atoms with Crippen molar-refractivity contribution in [1.29, 1.82) is 0 Å². The van der Waals surface area contributed by atoms with Gasteiger partial charge in [-0.3, -0.25) is 20.2 Å². The molecule has 0 aliphatic heterocycles. The predicted octanol–water partition coefficient (Wildman–Crippen LogP) is 4.74. The molecule has 9 heteroatoms. The highest BCUT2D eigenvalue weighted by Crippen LogP contribution is 2.38. The number of thioether (sulfide) groups is 2. The monoisotopic (exact) mass is 352 g/mol. The molecule has 0 amide bonds. The molecule has 0 spiro atoms. The first-order valence-electron chi connectivity index (χ1n) is 6.29. The van der Waals surface area contributed by atoms with E-state index in [9.17, 15) is 20.2 Å². The molecule has 7 nitrogen and oxygen atoms in total. The van der Waals surface area contributed by atoms with Gasteiger partial charge in [0.05, 0.1) is 19.6 Å². The third kappa shape index (κ3) is 3.93. The molecule has 2 aromatic rings. The van der Waals surface area contributed by atoms with E-state index in [0.717, 1.165) is 0 Å². The van der Waals surface area contributed by atoms with E-state index in [1.54, 1.807) is 12.5 Å². The van der Waals surface area contributed by atoms with Crippen LogP contribution in [0.1, 0.15) is 0 Å². The molecule has 0 atom stereocenters. The lowest BCUT2D eigenvalue weighted by Gasteiger charge is -2.12. The maximum absolute atomic E-state index is 10.8. The number of ether oxygens (including phenoxy) is 1. The molecule has 120 valence electrons. The van der Waals surface area contributed by atoms with Gasteiger partial charge in [0.1, 0.15) is 11.5 Å². The molecule has 0 N–H and O–H groups in total. The van der Waals surface area contributed by atoms with E-state index in [1.807, 2.05) is 0 Å². The van der Waals surface area contributed by atoms with E-state index >= 15 is 0 Å². The zero-order chi connectivity index (χ0) is 17.0. The van der Waals surface area contributed by atoms with Crippen molar-refractivity contribution in [2.24, 2.45) is 0 Å². The molecule has 0 unspecified atom stereocenters. The second-order valence-electron chi connectivity index (χ2n) is 4.29. The number of rotatable bonds is 6. The molecule has 23 heavy (non-hydrogen) atoms. The maximum Gasteiger partial charge on any atom is 0.270 e. The van der Waals surface area contributed by atoms with E-state index in [1.165, 1.54) is 59.9 Å². The summed E-state index contributed by atoms with van der Waals surface area (Å²) in [5, 5.41) is 21.7. The maximum atomic E-state index is 10.8. The molecule has 0 heterocycles. The van der Waals surface area contributed by atoms with Crippen LogP contribution in [0, 0.1) is 20.2 Å². The average Bonchev–Trinajstić information content (AvgIpc) is 2.55. The van der Waals surface area contributed by atoms with Gasteiger partial charge in [-0.1, -0.05) is 0 Å². The molecule has 0 fully saturated rings. The Labute approximate surface area is 140 Å². The normalized spacial score (nSPS) is 10.3. The van der Waals surface area contributed by atoms with Crippen LogP contribution in [0.2, 0.25) is 0 Å². The largest absolute Gasteiger partial charge is 0.455 e. The summed E-state index contributed by atoms with van der Waals surface area (Å²) in [6, 6.07) is 8.64. The van der Waals surface area contributed by atoms with Crippen molar-refractivity contribution < 1.29 is 14.6 Å². The van der Waals surface area contributed by atoms with E-state index in [0.29, 0.717) is 21.3 Å². The van der Waals surface area contributed by atoms with Gasteiger partial charge < -0.3 is 4.74 Å². The van der Waals surface area contributed by atoms with Crippen LogP contribution in [-0.4, -0.2) is 22.4 Å². The molecule has 0 saturated heterocycles. The van der Waals surface area contributed by atoms with Gasteiger partial charge in [0.15, 0.2) is 0 Å². The smallest absolute Gasteiger partial charge is 0.270 e. The van der Waals surface area contributed by atoms with Gasteiger partial charge in [0.2, 0.25) is 0 Å². The second kappa shape index (κ2) is 7.34. The minimum absolute atomic E-state index is 0.0181. The summed E-state index contributed by atoms with van der Waals surface area (Å²) >= 11 is 2.65. The number of nitro groups is 2. The molecule has 0 aliphatic rings. The first-order chi connectivity index (χ1) is 11.0. The van der Waals surface area contributed by atoms with Crippen LogP contribution in [-0.2, 0) is 0 Å². The van der Waals surface area contributed by atoms with Crippen LogP contribution in [0.15, 0.2) is 46.2 Å². The van der Waals surface area contributed by atoms with Crippen molar-refractivity contribution in [2.45, 2.75) is 9.79 Å². The molecule has 2 aromatic carbocycles. The number of nitrogens with zero attached hydrogens (tertiary/aromatic N) is 2. The van der Waals surface area contributed by atoms with Crippen molar-refractivity contribution in [3.8, 4) is 11.5 Å². The Bertz CT molecular complexity index is 703. The summed E-state index contributed by atoms with van der Waals surface area (Å²) in [6.07, 6.45) is 3.58. The molecule has 0 aliphatic carbocycles. The topological polar surface area (TPSA) is 95.5 Å². The molecule has 0 bridgehead atoms. The Morgan fingerprint density at radius 3 is 1.52 bits per heavy atom. The van der Waals surface area contributed by atoms with Gasteiger partial charge in [0.25, 0.3) is 11.4 Å². The molecular weight excluding hydrogens is 340 g/mol. The van der Waals surface area contributed by atoms with Gasteiger partial charge in [-0.05, 0) is 24.6 Å².